The van der Waals surface area contributed by atoms with Crippen molar-refractivity contribution in [3.63, 3.8) is 0 Å². The van der Waals surface area contributed by atoms with E-state index < -0.39 is 11.7 Å². The van der Waals surface area contributed by atoms with Crippen LogP contribution in [0.3, 0.4) is 0 Å². The molecule has 0 aromatic heterocycles. The first kappa shape index (κ1) is 23.7. The predicted octanol–water partition coefficient (Wildman–Crippen LogP) is 6.55. The zero-order chi connectivity index (χ0) is 23.7. The molecule has 3 aliphatic heterocycles. The van der Waals surface area contributed by atoms with Crippen LogP contribution in [0.2, 0.25) is 0 Å². The highest BCUT2D eigenvalue weighted by Gasteiger charge is 2.38. The van der Waals surface area contributed by atoms with Crippen molar-refractivity contribution in [2.75, 3.05) is 39.3 Å². The van der Waals surface area contributed by atoms with Crippen LogP contribution >= 0.6 is 0 Å². The number of piperidine rings is 1. The zero-order valence-corrected chi connectivity index (χ0v) is 20.0. The van der Waals surface area contributed by atoms with Gasteiger partial charge < -0.3 is 9.64 Å². The van der Waals surface area contributed by atoms with Gasteiger partial charge in [-0.2, -0.15) is 13.2 Å². The first-order valence-electron chi connectivity index (χ1n) is 12.8. The van der Waals surface area contributed by atoms with Gasteiger partial charge in [0.1, 0.15) is 5.75 Å². The number of aryl methyl sites for hydroxylation is 1. The van der Waals surface area contributed by atoms with Crippen LogP contribution < -0.4 is 4.74 Å². The summed E-state index contributed by atoms with van der Waals surface area (Å²) in [7, 11) is 0. The molecule has 0 N–H and O–H groups in total. The molecule has 0 amide bonds. The third-order valence-electron chi connectivity index (χ3n) is 7.74. The third-order valence-corrected chi connectivity index (χ3v) is 7.74. The molecule has 0 unspecified atom stereocenters. The van der Waals surface area contributed by atoms with Gasteiger partial charge in [-0.1, -0.05) is 24.1 Å². The minimum absolute atomic E-state index is 0.0569. The quantitative estimate of drug-likeness (QED) is 0.444. The Balaban J connectivity index is 1.35. The molecule has 2 atom stereocenters. The van der Waals surface area contributed by atoms with Gasteiger partial charge in [0.2, 0.25) is 0 Å². The fourth-order valence-corrected chi connectivity index (χ4v) is 6.10. The first-order valence-corrected chi connectivity index (χ1v) is 12.8. The van der Waals surface area contributed by atoms with E-state index in [4.69, 9.17) is 4.74 Å². The van der Waals surface area contributed by atoms with Crippen molar-refractivity contribution in [1.29, 1.82) is 0 Å². The van der Waals surface area contributed by atoms with Crippen molar-refractivity contribution in [3.05, 3.63) is 64.2 Å². The van der Waals surface area contributed by atoms with Gasteiger partial charge in [0.25, 0.3) is 0 Å². The van der Waals surface area contributed by atoms with Crippen LogP contribution in [0.25, 0.3) is 0 Å². The van der Waals surface area contributed by atoms with Gasteiger partial charge in [0.15, 0.2) is 0 Å². The Hall–Kier alpha value is -2.05. The molecule has 2 fully saturated rings. The van der Waals surface area contributed by atoms with Crippen LogP contribution in [-0.4, -0.2) is 49.1 Å². The number of rotatable bonds is 6. The molecule has 3 nitrogen and oxygen atoms in total. The maximum absolute atomic E-state index is 13.5. The number of ether oxygens (including phenoxy) is 1. The van der Waals surface area contributed by atoms with Crippen LogP contribution in [0.15, 0.2) is 36.4 Å². The molecule has 0 saturated carbocycles. The molecule has 0 radical (unpaired) electrons. The van der Waals surface area contributed by atoms with Crippen molar-refractivity contribution in [1.82, 2.24) is 9.80 Å². The van der Waals surface area contributed by atoms with Crippen LogP contribution in [0.5, 0.6) is 5.75 Å². The largest absolute Gasteiger partial charge is 0.494 e. The second-order valence-corrected chi connectivity index (χ2v) is 10.2. The summed E-state index contributed by atoms with van der Waals surface area (Å²) in [5.74, 6) is 0.823. The average Bonchev–Trinajstić information content (AvgIpc) is 3.30. The van der Waals surface area contributed by atoms with E-state index in [0.717, 1.165) is 55.8 Å². The Bertz CT molecular complexity index is 1000. The number of benzene rings is 2. The van der Waals surface area contributed by atoms with Gasteiger partial charge >= 0.3 is 6.18 Å². The topological polar surface area (TPSA) is 15.7 Å². The molecule has 0 aliphatic carbocycles. The Kier molecular flexibility index (Phi) is 6.90. The fraction of sp³-hybridized carbons (Fsp3) is 0.571. The Morgan fingerprint density at radius 1 is 0.941 bits per heavy atom. The first-order chi connectivity index (χ1) is 16.4. The van der Waals surface area contributed by atoms with E-state index in [1.807, 2.05) is 12.1 Å². The third kappa shape index (κ3) is 5.13. The van der Waals surface area contributed by atoms with Crippen LogP contribution in [-0.2, 0) is 6.18 Å². The van der Waals surface area contributed by atoms with E-state index in [-0.39, 0.29) is 5.92 Å². The normalized spacial score (nSPS) is 23.5. The van der Waals surface area contributed by atoms with Crippen molar-refractivity contribution in [2.45, 2.75) is 63.6 Å². The second-order valence-electron chi connectivity index (χ2n) is 10.2. The highest BCUT2D eigenvalue weighted by molar-refractivity contribution is 5.48. The fourth-order valence-electron chi connectivity index (χ4n) is 6.10. The van der Waals surface area contributed by atoms with Crippen LogP contribution in [0, 0.1) is 6.92 Å². The lowest BCUT2D eigenvalue weighted by atomic mass is 9.80. The number of nitrogens with zero attached hydrogens (tertiary/aromatic N) is 2. The molecular weight excluding hydrogens is 437 g/mol. The van der Waals surface area contributed by atoms with Gasteiger partial charge in [-0.15, -0.1) is 0 Å². The molecule has 2 saturated heterocycles. The Morgan fingerprint density at radius 3 is 2.56 bits per heavy atom. The average molecular weight is 473 g/mol. The summed E-state index contributed by atoms with van der Waals surface area (Å²) >= 11 is 0. The molecular formula is C28H35F3N2O. The summed E-state index contributed by atoms with van der Waals surface area (Å²) in [6.45, 7) is 7.70. The number of likely N-dealkylation sites (tertiary alicyclic amines) is 1. The number of hydrogen-bond acceptors (Lipinski definition) is 3. The summed E-state index contributed by atoms with van der Waals surface area (Å²) in [5, 5.41) is 0. The van der Waals surface area contributed by atoms with Crippen molar-refractivity contribution in [3.8, 4) is 5.75 Å². The monoisotopic (exact) mass is 472 g/mol. The number of alkyl halides is 3. The maximum atomic E-state index is 13.5. The molecule has 0 bridgehead atoms. The summed E-state index contributed by atoms with van der Waals surface area (Å²) < 4.78 is 46.7. The smallest absolute Gasteiger partial charge is 0.416 e. The molecule has 0 spiro atoms. The molecule has 2 aromatic rings. The molecule has 3 aliphatic rings. The molecule has 3 heterocycles. The van der Waals surface area contributed by atoms with Gasteiger partial charge in [-0.05, 0) is 99.6 Å². The number of halogens is 3. The minimum Gasteiger partial charge on any atom is -0.494 e. The molecule has 5 rings (SSSR count). The van der Waals surface area contributed by atoms with E-state index in [2.05, 4.69) is 21.9 Å². The lowest BCUT2D eigenvalue weighted by molar-refractivity contribution is -0.137. The van der Waals surface area contributed by atoms with E-state index in [1.165, 1.54) is 50.0 Å². The van der Waals surface area contributed by atoms with Gasteiger partial charge in [0.05, 0.1) is 12.2 Å². The summed E-state index contributed by atoms with van der Waals surface area (Å²) in [5.41, 5.74) is 3.25. The van der Waals surface area contributed by atoms with E-state index in [0.29, 0.717) is 18.2 Å². The number of hydrogen-bond donors (Lipinski definition) is 0. The van der Waals surface area contributed by atoms with Gasteiger partial charge in [-0.25, -0.2) is 0 Å². The van der Waals surface area contributed by atoms with E-state index >= 15 is 0 Å². The van der Waals surface area contributed by atoms with Crippen molar-refractivity contribution in [2.24, 2.45) is 0 Å². The summed E-state index contributed by atoms with van der Waals surface area (Å²) in [4.78, 5) is 4.97. The maximum Gasteiger partial charge on any atom is 0.416 e. The van der Waals surface area contributed by atoms with Crippen LogP contribution in [0.4, 0.5) is 13.2 Å². The lowest BCUT2D eigenvalue weighted by Crippen LogP contribution is -2.34. The standard InChI is InChI=1S/C28H35F3N2O/c1-20-15-21(17-22(16-20)28(29,30)31)26-19-33-13-5-7-27(33)25-18-23(8-9-24(25)26)34-14-6-12-32-10-3-2-4-11-32/h8-9,15-18,26-27H,2-7,10-14,19H2,1H3/t26-,27+/m1/s1. The van der Waals surface area contributed by atoms with Gasteiger partial charge in [0, 0.05) is 25.0 Å². The predicted molar refractivity (Wildman–Crippen MR) is 128 cm³/mol. The van der Waals surface area contributed by atoms with Gasteiger partial charge in [-0.3, -0.25) is 4.90 Å². The summed E-state index contributed by atoms with van der Waals surface area (Å²) in [6, 6.07) is 11.1. The Morgan fingerprint density at radius 2 is 1.76 bits per heavy atom. The van der Waals surface area contributed by atoms with Crippen molar-refractivity contribution >= 4 is 0 Å². The summed E-state index contributed by atoms with van der Waals surface area (Å²) in [6.07, 6.45) is 2.85. The van der Waals surface area contributed by atoms with E-state index in [1.54, 1.807) is 6.92 Å². The highest BCUT2D eigenvalue weighted by Crippen LogP contribution is 2.46. The highest BCUT2D eigenvalue weighted by atomic mass is 19.4. The lowest BCUT2D eigenvalue weighted by Gasteiger charge is -2.38. The van der Waals surface area contributed by atoms with Crippen molar-refractivity contribution < 1.29 is 17.9 Å². The SMILES string of the molecule is Cc1cc([C@H]2CN3CCC[C@H]3c3cc(OCCCN4CCCCC4)ccc32)cc(C(F)(F)F)c1. The zero-order valence-electron chi connectivity index (χ0n) is 20.0. The minimum atomic E-state index is -4.33. The molecule has 34 heavy (non-hydrogen) atoms. The van der Waals surface area contributed by atoms with Crippen LogP contribution in [0.1, 0.15) is 78.3 Å². The molecule has 6 heteroatoms. The molecule has 2 aromatic carbocycles. The Labute approximate surface area is 200 Å². The van der Waals surface area contributed by atoms with E-state index in [9.17, 15) is 13.2 Å². The second kappa shape index (κ2) is 9.90. The number of fused-ring (bicyclic) bond motifs is 3. The molecule has 184 valence electrons.